The molecule has 0 aromatic carbocycles. The molecule has 0 bridgehead atoms. The summed E-state index contributed by atoms with van der Waals surface area (Å²) in [5, 5.41) is 17.9. The van der Waals surface area contributed by atoms with Crippen molar-refractivity contribution in [2.45, 2.75) is 0 Å². The molecule has 1 heterocycles. The predicted molar refractivity (Wildman–Crippen MR) is 67.4 cm³/mol. The van der Waals surface area contributed by atoms with Gasteiger partial charge in [-0.25, -0.2) is 4.98 Å². The molecule has 0 radical (unpaired) electrons. The average molecular weight is 248 g/mol. The van der Waals surface area contributed by atoms with Gasteiger partial charge in [0.25, 0.3) is 0 Å². The lowest BCUT2D eigenvalue weighted by molar-refractivity contribution is -0.135. The maximum Gasteiger partial charge on any atom is 0.323 e. The summed E-state index contributed by atoms with van der Waals surface area (Å²) in [4.78, 5) is 18.4. The third-order valence-electron chi connectivity index (χ3n) is 2.38. The molecule has 6 heteroatoms. The van der Waals surface area contributed by atoms with Crippen molar-refractivity contribution < 1.29 is 9.90 Å². The molecule has 0 aliphatic heterocycles. The zero-order valence-corrected chi connectivity index (χ0v) is 10.5. The highest BCUT2D eigenvalue weighted by molar-refractivity contribution is 5.74. The highest BCUT2D eigenvalue weighted by Crippen LogP contribution is 2.16. The lowest BCUT2D eigenvalue weighted by atomic mass is 10.2. The first-order valence-electron chi connectivity index (χ1n) is 5.51. The number of likely N-dealkylation sites (N-methyl/N-ethyl adjacent to an activating group) is 1. The second kappa shape index (κ2) is 6.57. The fourth-order valence-electron chi connectivity index (χ4n) is 1.51. The van der Waals surface area contributed by atoms with Gasteiger partial charge in [-0.1, -0.05) is 0 Å². The van der Waals surface area contributed by atoms with E-state index >= 15 is 0 Å². The number of carboxylic acids is 1. The lowest BCUT2D eigenvalue weighted by Crippen LogP contribution is -2.36. The van der Waals surface area contributed by atoms with E-state index in [2.05, 4.69) is 4.98 Å². The molecule has 0 saturated heterocycles. The van der Waals surface area contributed by atoms with Gasteiger partial charge < -0.3 is 14.9 Å². The van der Waals surface area contributed by atoms with Gasteiger partial charge in [-0.05, 0) is 26.2 Å². The average Bonchev–Trinajstić information content (AvgIpc) is 2.33. The van der Waals surface area contributed by atoms with Gasteiger partial charge >= 0.3 is 5.97 Å². The number of carbonyl (C=O) groups is 1. The van der Waals surface area contributed by atoms with Crippen LogP contribution < -0.4 is 4.90 Å². The van der Waals surface area contributed by atoms with E-state index < -0.39 is 5.97 Å². The van der Waals surface area contributed by atoms with E-state index in [0.29, 0.717) is 18.8 Å². The molecule has 1 aromatic heterocycles. The highest BCUT2D eigenvalue weighted by atomic mass is 16.4. The van der Waals surface area contributed by atoms with Crippen LogP contribution in [0.2, 0.25) is 0 Å². The fourth-order valence-corrected chi connectivity index (χ4v) is 1.51. The van der Waals surface area contributed by atoms with Crippen LogP contribution in [0.25, 0.3) is 0 Å². The Bertz CT molecular complexity index is 454. The van der Waals surface area contributed by atoms with E-state index in [1.54, 1.807) is 17.0 Å². The second-order valence-electron chi connectivity index (χ2n) is 4.10. The Morgan fingerprint density at radius 1 is 1.50 bits per heavy atom. The van der Waals surface area contributed by atoms with Crippen LogP contribution in [0.4, 0.5) is 5.69 Å². The van der Waals surface area contributed by atoms with Gasteiger partial charge in [-0.15, -0.1) is 0 Å². The molecular weight excluding hydrogens is 232 g/mol. The van der Waals surface area contributed by atoms with E-state index in [-0.39, 0.29) is 12.2 Å². The summed E-state index contributed by atoms with van der Waals surface area (Å²) in [5.74, 6) is -0.929. The molecule has 18 heavy (non-hydrogen) atoms. The van der Waals surface area contributed by atoms with Crippen molar-refractivity contribution >= 4 is 11.7 Å². The highest BCUT2D eigenvalue weighted by Gasteiger charge is 2.15. The molecule has 96 valence electrons. The topological polar surface area (TPSA) is 80.5 Å². The van der Waals surface area contributed by atoms with Crippen LogP contribution in [0.15, 0.2) is 18.3 Å². The summed E-state index contributed by atoms with van der Waals surface area (Å²) in [6.07, 6.45) is 1.52. The second-order valence-corrected chi connectivity index (χ2v) is 4.10. The summed E-state index contributed by atoms with van der Waals surface area (Å²) in [7, 11) is 3.82. The van der Waals surface area contributed by atoms with Crippen molar-refractivity contribution in [3.8, 4) is 6.07 Å². The number of aromatic nitrogens is 1. The third-order valence-corrected chi connectivity index (χ3v) is 2.38. The summed E-state index contributed by atoms with van der Waals surface area (Å²) in [6, 6.07) is 5.39. The van der Waals surface area contributed by atoms with Gasteiger partial charge in [0.15, 0.2) is 5.69 Å². The Morgan fingerprint density at radius 3 is 2.78 bits per heavy atom. The molecule has 0 fully saturated rings. The fraction of sp³-hybridized carbons (Fsp3) is 0.417. The number of pyridine rings is 1. The Kier molecular flexibility index (Phi) is 5.08. The van der Waals surface area contributed by atoms with E-state index in [9.17, 15) is 4.79 Å². The van der Waals surface area contributed by atoms with Crippen LogP contribution >= 0.6 is 0 Å². The van der Waals surface area contributed by atoms with Gasteiger partial charge in [0.05, 0.1) is 5.69 Å². The van der Waals surface area contributed by atoms with E-state index in [0.717, 1.165) is 0 Å². The van der Waals surface area contributed by atoms with Crippen molar-refractivity contribution in [2.75, 3.05) is 38.6 Å². The SMILES string of the molecule is CN(C)CCN(CC(=O)O)c1cccnc1C#N. The molecule has 6 nitrogen and oxygen atoms in total. The van der Waals surface area contributed by atoms with Gasteiger partial charge in [0, 0.05) is 19.3 Å². The number of nitriles is 1. The molecule has 1 rings (SSSR count). The largest absolute Gasteiger partial charge is 0.480 e. The maximum absolute atomic E-state index is 10.9. The van der Waals surface area contributed by atoms with Crippen LogP contribution in [-0.4, -0.2) is 54.7 Å². The van der Waals surface area contributed by atoms with Crippen LogP contribution in [-0.2, 0) is 4.79 Å². The molecule has 0 aliphatic rings. The number of nitrogens with zero attached hydrogens (tertiary/aromatic N) is 4. The quantitative estimate of drug-likeness (QED) is 0.785. The number of hydrogen-bond acceptors (Lipinski definition) is 5. The molecule has 0 atom stereocenters. The van der Waals surface area contributed by atoms with Gasteiger partial charge in [0.2, 0.25) is 0 Å². The molecular formula is C12H16N4O2. The maximum atomic E-state index is 10.9. The summed E-state index contributed by atoms with van der Waals surface area (Å²) in [5.41, 5.74) is 0.807. The van der Waals surface area contributed by atoms with Crippen LogP contribution in [0.1, 0.15) is 5.69 Å². The summed E-state index contributed by atoms with van der Waals surface area (Å²) < 4.78 is 0. The number of anilines is 1. The monoisotopic (exact) mass is 248 g/mol. The van der Waals surface area contributed by atoms with E-state index in [1.807, 2.05) is 25.1 Å². The molecule has 0 saturated carbocycles. The van der Waals surface area contributed by atoms with Gasteiger partial charge in [-0.3, -0.25) is 4.79 Å². The van der Waals surface area contributed by atoms with E-state index in [4.69, 9.17) is 10.4 Å². The number of aliphatic carboxylic acids is 1. The normalized spacial score (nSPS) is 10.1. The third kappa shape index (κ3) is 4.03. The summed E-state index contributed by atoms with van der Waals surface area (Å²) in [6.45, 7) is 1.08. The van der Waals surface area contributed by atoms with E-state index in [1.165, 1.54) is 6.20 Å². The Morgan fingerprint density at radius 2 is 2.22 bits per heavy atom. The molecule has 0 aliphatic carbocycles. The molecule has 0 spiro atoms. The minimum atomic E-state index is -0.929. The Labute approximate surface area is 106 Å². The minimum Gasteiger partial charge on any atom is -0.480 e. The van der Waals surface area contributed by atoms with Crippen LogP contribution in [0.3, 0.4) is 0 Å². The zero-order valence-electron chi connectivity index (χ0n) is 10.5. The molecule has 1 N–H and O–H groups in total. The Balaban J connectivity index is 2.94. The van der Waals surface area contributed by atoms with Crippen molar-refractivity contribution in [3.63, 3.8) is 0 Å². The van der Waals surface area contributed by atoms with Crippen molar-refractivity contribution in [3.05, 3.63) is 24.0 Å². The van der Waals surface area contributed by atoms with Crippen LogP contribution in [0, 0.1) is 11.3 Å². The molecule has 0 amide bonds. The number of hydrogen-bond donors (Lipinski definition) is 1. The number of rotatable bonds is 6. The Hall–Kier alpha value is -2.13. The van der Waals surface area contributed by atoms with Crippen molar-refractivity contribution in [2.24, 2.45) is 0 Å². The predicted octanol–water partition coefficient (Wildman–Crippen LogP) is 0.406. The minimum absolute atomic E-state index is 0.145. The summed E-state index contributed by atoms with van der Waals surface area (Å²) >= 11 is 0. The van der Waals surface area contributed by atoms with Crippen LogP contribution in [0.5, 0.6) is 0 Å². The first-order valence-corrected chi connectivity index (χ1v) is 5.51. The van der Waals surface area contributed by atoms with Gasteiger partial charge in [0.1, 0.15) is 12.6 Å². The molecule has 1 aromatic rings. The van der Waals surface area contributed by atoms with Crippen molar-refractivity contribution in [1.29, 1.82) is 5.26 Å². The van der Waals surface area contributed by atoms with Gasteiger partial charge in [-0.2, -0.15) is 5.26 Å². The zero-order chi connectivity index (χ0) is 13.5. The first kappa shape index (κ1) is 13.9. The first-order chi connectivity index (χ1) is 8.54. The lowest BCUT2D eigenvalue weighted by Gasteiger charge is -2.24. The smallest absolute Gasteiger partial charge is 0.323 e. The molecule has 0 unspecified atom stereocenters. The number of carboxylic acid groups (broad SMARTS) is 1. The standard InChI is InChI=1S/C12H16N4O2/c1-15(2)6-7-16(9-12(17)18)11-4-3-5-14-10(11)8-13/h3-5H,6-7,9H2,1-2H3,(H,17,18). The van der Waals surface area contributed by atoms with Crippen molar-refractivity contribution in [1.82, 2.24) is 9.88 Å².